The monoisotopic (exact) mass is 360 g/mol. The Balaban J connectivity index is 1.47. The van der Waals surface area contributed by atoms with Crippen LogP contribution in [0.1, 0.15) is 16.7 Å². The maximum atomic E-state index is 3.50. The minimum atomic E-state index is 1.16. The Bertz CT molecular complexity index is 528. The van der Waals surface area contributed by atoms with Crippen molar-refractivity contribution in [2.75, 3.05) is 26.2 Å². The summed E-state index contributed by atoms with van der Waals surface area (Å²) in [5.74, 6) is 0. The van der Waals surface area contributed by atoms with E-state index in [1.54, 1.807) is 9.80 Å². The Morgan fingerprint density at radius 3 is 1.59 bits per heavy atom. The second-order valence-corrected chi connectivity index (χ2v) is 7.38. The maximum Gasteiger partial charge on any atom is 0.127 e. The van der Waals surface area contributed by atoms with E-state index in [0.29, 0.717) is 0 Å². The second kappa shape index (κ2) is 7.40. The van der Waals surface area contributed by atoms with Gasteiger partial charge in [0.25, 0.3) is 0 Å². The van der Waals surface area contributed by atoms with Crippen molar-refractivity contribution >= 4 is 15.9 Å². The molecule has 3 heteroatoms. The number of aryl methyl sites for hydroxylation is 1. The van der Waals surface area contributed by atoms with E-state index in [9.17, 15) is 0 Å². The van der Waals surface area contributed by atoms with Gasteiger partial charge in [-0.3, -0.25) is 0 Å². The van der Waals surface area contributed by atoms with E-state index in [1.807, 2.05) is 0 Å². The minimum absolute atomic E-state index is 1.16. The predicted molar refractivity (Wildman–Crippen MR) is 94.1 cm³/mol. The zero-order valence-electron chi connectivity index (χ0n) is 13.2. The molecule has 2 aromatic carbocycles. The number of rotatable bonds is 4. The molecule has 1 aliphatic heterocycles. The van der Waals surface area contributed by atoms with Crippen LogP contribution in [0.25, 0.3) is 0 Å². The lowest BCUT2D eigenvalue weighted by molar-refractivity contribution is -1.02. The van der Waals surface area contributed by atoms with E-state index in [-0.39, 0.29) is 0 Å². The summed E-state index contributed by atoms with van der Waals surface area (Å²) in [5, 5.41) is 0. The summed E-state index contributed by atoms with van der Waals surface area (Å²) in [5.41, 5.74) is 4.26. The van der Waals surface area contributed by atoms with E-state index >= 15 is 0 Å². The summed E-state index contributed by atoms with van der Waals surface area (Å²) < 4.78 is 1.17. The van der Waals surface area contributed by atoms with Crippen molar-refractivity contribution in [1.29, 1.82) is 0 Å². The number of quaternary nitrogens is 2. The van der Waals surface area contributed by atoms with Crippen molar-refractivity contribution in [3.8, 4) is 0 Å². The Labute approximate surface area is 141 Å². The molecule has 0 unspecified atom stereocenters. The van der Waals surface area contributed by atoms with Gasteiger partial charge in [0.15, 0.2) is 0 Å². The number of hydrogen-bond acceptors (Lipinski definition) is 0. The van der Waals surface area contributed by atoms with Crippen LogP contribution in [0.15, 0.2) is 53.0 Å². The third-order valence-corrected chi connectivity index (χ3v) is 5.13. The fraction of sp³-hybridized carbons (Fsp3) is 0.368. The van der Waals surface area contributed by atoms with Gasteiger partial charge in [-0.15, -0.1) is 0 Å². The van der Waals surface area contributed by atoms with Crippen molar-refractivity contribution in [2.24, 2.45) is 0 Å². The summed E-state index contributed by atoms with van der Waals surface area (Å²) >= 11 is 3.50. The van der Waals surface area contributed by atoms with E-state index in [0.717, 1.165) is 6.54 Å². The summed E-state index contributed by atoms with van der Waals surface area (Å²) in [4.78, 5) is 3.44. The summed E-state index contributed by atoms with van der Waals surface area (Å²) in [6.07, 6.45) is 0. The number of nitrogens with one attached hydrogen (secondary N) is 2. The highest BCUT2D eigenvalue weighted by Gasteiger charge is 2.22. The van der Waals surface area contributed by atoms with Crippen molar-refractivity contribution in [1.82, 2.24) is 0 Å². The Morgan fingerprint density at radius 2 is 1.14 bits per heavy atom. The van der Waals surface area contributed by atoms with Gasteiger partial charge in [0.1, 0.15) is 39.3 Å². The molecule has 2 N–H and O–H groups in total. The topological polar surface area (TPSA) is 8.88 Å². The SMILES string of the molecule is Cc1ccc(C[NH+]2CC[NH+](Cc3ccc(Br)cc3)CC2)cc1. The molecule has 0 saturated carbocycles. The van der Waals surface area contributed by atoms with Gasteiger partial charge in [-0.1, -0.05) is 57.9 Å². The minimum Gasteiger partial charge on any atom is -0.322 e. The molecule has 2 aromatic rings. The molecule has 3 rings (SSSR count). The molecule has 0 radical (unpaired) electrons. The molecule has 0 bridgehead atoms. The Kier molecular flexibility index (Phi) is 5.29. The summed E-state index contributed by atoms with van der Waals surface area (Å²) in [6, 6.07) is 17.8. The first kappa shape index (κ1) is 15.7. The first-order chi connectivity index (χ1) is 10.7. The highest BCUT2D eigenvalue weighted by atomic mass is 79.9. The van der Waals surface area contributed by atoms with Crippen LogP contribution in [0.3, 0.4) is 0 Å². The molecular weight excluding hydrogens is 336 g/mol. The molecule has 1 aliphatic rings. The van der Waals surface area contributed by atoms with E-state index in [4.69, 9.17) is 0 Å². The number of benzene rings is 2. The van der Waals surface area contributed by atoms with E-state index < -0.39 is 0 Å². The van der Waals surface area contributed by atoms with Crippen molar-refractivity contribution in [3.63, 3.8) is 0 Å². The lowest BCUT2D eigenvalue weighted by atomic mass is 10.1. The van der Waals surface area contributed by atoms with Crippen molar-refractivity contribution < 1.29 is 9.80 Å². The van der Waals surface area contributed by atoms with Crippen LogP contribution in [0.5, 0.6) is 0 Å². The first-order valence-electron chi connectivity index (χ1n) is 8.16. The molecule has 116 valence electrons. The van der Waals surface area contributed by atoms with Gasteiger partial charge in [0.2, 0.25) is 0 Å². The Morgan fingerprint density at radius 1 is 0.727 bits per heavy atom. The van der Waals surface area contributed by atoms with Gasteiger partial charge < -0.3 is 9.80 Å². The predicted octanol–water partition coefficient (Wildman–Crippen LogP) is 1.24. The average molecular weight is 361 g/mol. The molecule has 1 heterocycles. The zero-order valence-corrected chi connectivity index (χ0v) is 14.8. The van der Waals surface area contributed by atoms with Gasteiger partial charge in [-0.05, 0) is 19.1 Å². The first-order valence-corrected chi connectivity index (χ1v) is 8.95. The smallest absolute Gasteiger partial charge is 0.127 e. The van der Waals surface area contributed by atoms with Crippen molar-refractivity contribution in [3.05, 3.63) is 69.7 Å². The van der Waals surface area contributed by atoms with E-state index in [1.165, 1.54) is 53.9 Å². The molecule has 2 nitrogen and oxygen atoms in total. The quantitative estimate of drug-likeness (QED) is 0.811. The van der Waals surface area contributed by atoms with Gasteiger partial charge in [-0.2, -0.15) is 0 Å². The summed E-state index contributed by atoms with van der Waals surface area (Å²) in [6.45, 7) is 9.59. The third-order valence-electron chi connectivity index (χ3n) is 4.61. The number of hydrogen-bond donors (Lipinski definition) is 2. The highest BCUT2D eigenvalue weighted by molar-refractivity contribution is 9.10. The lowest BCUT2D eigenvalue weighted by Crippen LogP contribution is -3.27. The molecule has 0 amide bonds. The molecular formula is C19H25BrN2+2. The number of piperazine rings is 1. The van der Waals surface area contributed by atoms with Crippen LogP contribution in [-0.4, -0.2) is 26.2 Å². The molecule has 22 heavy (non-hydrogen) atoms. The Hall–Kier alpha value is -1.16. The normalized spacial score (nSPS) is 21.7. The van der Waals surface area contributed by atoms with Crippen LogP contribution in [-0.2, 0) is 13.1 Å². The molecule has 1 saturated heterocycles. The average Bonchev–Trinajstić information content (AvgIpc) is 2.54. The van der Waals surface area contributed by atoms with Crippen LogP contribution in [0.4, 0.5) is 0 Å². The second-order valence-electron chi connectivity index (χ2n) is 6.47. The number of halogens is 1. The van der Waals surface area contributed by atoms with Gasteiger partial charge >= 0.3 is 0 Å². The van der Waals surface area contributed by atoms with Crippen molar-refractivity contribution in [2.45, 2.75) is 20.0 Å². The molecule has 0 aliphatic carbocycles. The standard InChI is InChI=1S/C19H23BrN2/c1-16-2-4-17(5-3-16)14-21-10-12-22(13-11-21)15-18-6-8-19(20)9-7-18/h2-9H,10-15H2,1H3/p+2. The highest BCUT2D eigenvalue weighted by Crippen LogP contribution is 2.09. The molecule has 0 atom stereocenters. The van der Waals surface area contributed by atoms with Crippen LogP contribution in [0.2, 0.25) is 0 Å². The fourth-order valence-electron chi connectivity index (χ4n) is 3.20. The van der Waals surface area contributed by atoms with Crippen LogP contribution >= 0.6 is 15.9 Å². The summed E-state index contributed by atoms with van der Waals surface area (Å²) in [7, 11) is 0. The van der Waals surface area contributed by atoms with Gasteiger partial charge in [0, 0.05) is 15.6 Å². The molecule has 0 spiro atoms. The van der Waals surface area contributed by atoms with Crippen LogP contribution in [0, 0.1) is 6.92 Å². The van der Waals surface area contributed by atoms with E-state index in [2.05, 4.69) is 71.4 Å². The fourth-order valence-corrected chi connectivity index (χ4v) is 3.46. The molecule has 0 aromatic heterocycles. The molecule has 1 fully saturated rings. The lowest BCUT2D eigenvalue weighted by Gasteiger charge is -2.29. The largest absolute Gasteiger partial charge is 0.322 e. The maximum absolute atomic E-state index is 3.50. The third kappa shape index (κ3) is 4.42. The van der Waals surface area contributed by atoms with Gasteiger partial charge in [0.05, 0.1) is 0 Å². The van der Waals surface area contributed by atoms with Crippen LogP contribution < -0.4 is 9.80 Å². The van der Waals surface area contributed by atoms with Gasteiger partial charge in [-0.25, -0.2) is 0 Å². The zero-order chi connectivity index (χ0) is 15.4.